The molecule has 2 aromatic carbocycles. The predicted octanol–water partition coefficient (Wildman–Crippen LogP) is 5.55. The van der Waals surface area contributed by atoms with E-state index in [4.69, 9.17) is 25.8 Å². The highest BCUT2D eigenvalue weighted by Gasteiger charge is 2.12. The largest absolute Gasteiger partial charge is 0.493 e. The highest BCUT2D eigenvalue weighted by Crippen LogP contribution is 2.26. The van der Waals surface area contributed by atoms with Crippen molar-refractivity contribution in [1.82, 2.24) is 0 Å². The number of ether oxygens (including phenoxy) is 3. The Bertz CT molecular complexity index is 740. The quantitative estimate of drug-likeness (QED) is 0.328. The van der Waals surface area contributed by atoms with Crippen LogP contribution in [0.25, 0.3) is 0 Å². The zero-order valence-corrected chi connectivity index (χ0v) is 15.8. The summed E-state index contributed by atoms with van der Waals surface area (Å²) in [5.41, 5.74) is 0.345. The molecule has 0 radical (unpaired) electrons. The summed E-state index contributed by atoms with van der Waals surface area (Å²) in [5, 5.41) is 0.343. The van der Waals surface area contributed by atoms with Crippen molar-refractivity contribution in [2.45, 2.75) is 20.3 Å². The van der Waals surface area contributed by atoms with Gasteiger partial charge in [0.25, 0.3) is 0 Å². The van der Waals surface area contributed by atoms with Gasteiger partial charge in [0.1, 0.15) is 23.9 Å². The van der Waals surface area contributed by atoms with Crippen LogP contribution in [0, 0.1) is 5.92 Å². The molecule has 0 aromatic heterocycles. The van der Waals surface area contributed by atoms with Crippen molar-refractivity contribution in [2.24, 2.45) is 5.92 Å². The van der Waals surface area contributed by atoms with Crippen molar-refractivity contribution in [3.05, 3.63) is 65.7 Å². The van der Waals surface area contributed by atoms with Crippen LogP contribution in [0.2, 0.25) is 5.02 Å². The van der Waals surface area contributed by atoms with Gasteiger partial charge in [-0.3, -0.25) is 0 Å². The standard InChI is InChI=1S/C21H23ClO4/c1-4-12-24-20-11-6-16(13-19(20)22)21(23)26-18-9-7-17(8-10-18)25-14-15(3)5-2/h4,6-11,13,15H,1,5,12,14H2,2-3H3/t15-/m0/s1. The fourth-order valence-corrected chi connectivity index (χ4v) is 2.25. The first-order valence-corrected chi connectivity index (χ1v) is 8.89. The van der Waals surface area contributed by atoms with E-state index in [1.807, 2.05) is 0 Å². The van der Waals surface area contributed by atoms with E-state index in [0.717, 1.165) is 12.2 Å². The number of halogens is 1. The molecule has 0 fully saturated rings. The zero-order valence-electron chi connectivity index (χ0n) is 15.0. The summed E-state index contributed by atoms with van der Waals surface area (Å²) in [4.78, 5) is 12.3. The Labute approximate surface area is 159 Å². The molecular formula is C21H23ClO4. The molecular weight excluding hydrogens is 352 g/mol. The van der Waals surface area contributed by atoms with E-state index < -0.39 is 5.97 Å². The summed E-state index contributed by atoms with van der Waals surface area (Å²) in [5.74, 6) is 1.68. The van der Waals surface area contributed by atoms with Crippen LogP contribution in [0.1, 0.15) is 30.6 Å². The average Bonchev–Trinajstić information content (AvgIpc) is 2.66. The molecule has 1 atom stereocenters. The lowest BCUT2D eigenvalue weighted by Gasteiger charge is -2.11. The van der Waals surface area contributed by atoms with E-state index in [1.165, 1.54) is 6.07 Å². The minimum Gasteiger partial charge on any atom is -0.493 e. The Balaban J connectivity index is 1.96. The number of hydrogen-bond acceptors (Lipinski definition) is 4. The van der Waals surface area contributed by atoms with Gasteiger partial charge < -0.3 is 14.2 Å². The van der Waals surface area contributed by atoms with E-state index in [0.29, 0.717) is 41.2 Å². The molecule has 0 aliphatic heterocycles. The molecule has 0 heterocycles. The first-order valence-electron chi connectivity index (χ1n) is 8.51. The summed E-state index contributed by atoms with van der Waals surface area (Å²) in [6.07, 6.45) is 2.68. The molecule has 0 unspecified atom stereocenters. The minimum atomic E-state index is -0.490. The maximum absolute atomic E-state index is 12.3. The maximum atomic E-state index is 12.3. The Morgan fingerprint density at radius 2 is 1.85 bits per heavy atom. The number of benzene rings is 2. The molecule has 0 bridgehead atoms. The van der Waals surface area contributed by atoms with E-state index in [-0.39, 0.29) is 0 Å². The summed E-state index contributed by atoms with van der Waals surface area (Å²) in [6.45, 7) is 8.84. The SMILES string of the molecule is C=CCOc1ccc(C(=O)Oc2ccc(OC[C@@H](C)CC)cc2)cc1Cl. The molecule has 0 saturated heterocycles. The van der Waals surface area contributed by atoms with Crippen LogP contribution in [0.3, 0.4) is 0 Å². The molecule has 0 aliphatic rings. The third-order valence-electron chi connectivity index (χ3n) is 3.79. The highest BCUT2D eigenvalue weighted by atomic mass is 35.5. The lowest BCUT2D eigenvalue weighted by atomic mass is 10.1. The highest BCUT2D eigenvalue weighted by molar-refractivity contribution is 6.32. The number of rotatable bonds is 9. The number of carbonyl (C=O) groups is 1. The van der Waals surface area contributed by atoms with Crippen LogP contribution < -0.4 is 14.2 Å². The van der Waals surface area contributed by atoms with Gasteiger partial charge in [-0.1, -0.05) is 44.5 Å². The second-order valence-electron chi connectivity index (χ2n) is 5.93. The molecule has 2 rings (SSSR count). The zero-order chi connectivity index (χ0) is 18.9. The lowest BCUT2D eigenvalue weighted by molar-refractivity contribution is 0.0734. The van der Waals surface area contributed by atoms with E-state index >= 15 is 0 Å². The van der Waals surface area contributed by atoms with Gasteiger partial charge in [0, 0.05) is 0 Å². The molecule has 4 nitrogen and oxygen atoms in total. The Kier molecular flexibility index (Phi) is 7.54. The molecule has 0 amide bonds. The summed E-state index contributed by atoms with van der Waals surface area (Å²) in [6, 6.07) is 11.7. The minimum absolute atomic E-state index is 0.342. The first-order chi connectivity index (χ1) is 12.5. The molecule has 0 N–H and O–H groups in total. The average molecular weight is 375 g/mol. The van der Waals surface area contributed by atoms with Gasteiger partial charge in [-0.25, -0.2) is 4.79 Å². The smallest absolute Gasteiger partial charge is 0.343 e. The van der Waals surface area contributed by atoms with Gasteiger partial charge in [0.15, 0.2) is 0 Å². The molecule has 0 aliphatic carbocycles. The summed E-state index contributed by atoms with van der Waals surface area (Å²) >= 11 is 6.12. The second kappa shape index (κ2) is 9.88. The van der Waals surface area contributed by atoms with Crippen molar-refractivity contribution < 1.29 is 19.0 Å². The van der Waals surface area contributed by atoms with Gasteiger partial charge in [-0.15, -0.1) is 0 Å². The fourth-order valence-electron chi connectivity index (χ4n) is 2.02. The predicted molar refractivity (Wildman–Crippen MR) is 103 cm³/mol. The topological polar surface area (TPSA) is 44.8 Å². The Morgan fingerprint density at radius 1 is 1.15 bits per heavy atom. The van der Waals surface area contributed by atoms with Gasteiger partial charge in [0.2, 0.25) is 0 Å². The molecule has 26 heavy (non-hydrogen) atoms. The Morgan fingerprint density at radius 3 is 2.46 bits per heavy atom. The molecule has 2 aromatic rings. The van der Waals surface area contributed by atoms with Crippen LogP contribution in [-0.4, -0.2) is 19.2 Å². The van der Waals surface area contributed by atoms with Crippen molar-refractivity contribution >= 4 is 17.6 Å². The normalized spacial score (nSPS) is 11.5. The van der Waals surface area contributed by atoms with Crippen LogP contribution in [0.4, 0.5) is 0 Å². The molecule has 5 heteroatoms. The van der Waals surface area contributed by atoms with Gasteiger partial charge in [-0.05, 0) is 48.4 Å². The van der Waals surface area contributed by atoms with Crippen LogP contribution in [0.5, 0.6) is 17.2 Å². The molecule has 0 spiro atoms. The van der Waals surface area contributed by atoms with Crippen molar-refractivity contribution in [1.29, 1.82) is 0 Å². The van der Waals surface area contributed by atoms with Crippen molar-refractivity contribution in [3.8, 4) is 17.2 Å². The third-order valence-corrected chi connectivity index (χ3v) is 4.09. The maximum Gasteiger partial charge on any atom is 0.343 e. The van der Waals surface area contributed by atoms with Crippen molar-refractivity contribution in [3.63, 3.8) is 0 Å². The Hall–Kier alpha value is -2.46. The molecule has 138 valence electrons. The van der Waals surface area contributed by atoms with Crippen LogP contribution in [0.15, 0.2) is 55.1 Å². The number of hydrogen-bond donors (Lipinski definition) is 0. The lowest BCUT2D eigenvalue weighted by Crippen LogP contribution is -2.09. The van der Waals surface area contributed by atoms with E-state index in [1.54, 1.807) is 42.5 Å². The van der Waals surface area contributed by atoms with Crippen LogP contribution >= 0.6 is 11.6 Å². The van der Waals surface area contributed by atoms with Gasteiger partial charge >= 0.3 is 5.97 Å². The van der Waals surface area contributed by atoms with E-state index in [2.05, 4.69) is 20.4 Å². The fraction of sp³-hybridized carbons (Fsp3) is 0.286. The summed E-state index contributed by atoms with van der Waals surface area (Å²) in [7, 11) is 0. The first kappa shape index (κ1) is 19.9. The monoisotopic (exact) mass is 374 g/mol. The third kappa shape index (κ3) is 5.81. The van der Waals surface area contributed by atoms with Crippen molar-refractivity contribution in [2.75, 3.05) is 13.2 Å². The second-order valence-corrected chi connectivity index (χ2v) is 6.34. The molecule has 0 saturated carbocycles. The number of esters is 1. The van der Waals surface area contributed by atoms with Gasteiger partial charge in [-0.2, -0.15) is 0 Å². The summed E-state index contributed by atoms with van der Waals surface area (Å²) < 4.78 is 16.4. The van der Waals surface area contributed by atoms with Crippen LogP contribution in [-0.2, 0) is 0 Å². The van der Waals surface area contributed by atoms with E-state index in [9.17, 15) is 4.79 Å². The van der Waals surface area contributed by atoms with Gasteiger partial charge in [0.05, 0.1) is 17.2 Å². The number of carbonyl (C=O) groups excluding carboxylic acids is 1.